The number of hydrogen-bond acceptors (Lipinski definition) is 4. The van der Waals surface area contributed by atoms with Crippen LogP contribution in [0.2, 0.25) is 0 Å². The number of benzene rings is 3. The van der Waals surface area contributed by atoms with Crippen molar-refractivity contribution in [2.75, 3.05) is 18.0 Å². The van der Waals surface area contributed by atoms with E-state index in [9.17, 15) is 15.4 Å². The third-order valence-electron chi connectivity index (χ3n) is 9.85. The lowest BCUT2D eigenvalue weighted by Crippen LogP contribution is -2.25. The largest absolute Gasteiger partial charge is 0.372 e. The predicted molar refractivity (Wildman–Crippen MR) is 215 cm³/mol. The lowest BCUT2D eigenvalue weighted by atomic mass is 10.0. The molecule has 3 aromatic rings. The lowest BCUT2D eigenvalue weighted by Gasteiger charge is -2.25. The first-order valence-corrected chi connectivity index (χ1v) is 19.9. The van der Waals surface area contributed by atoms with Gasteiger partial charge in [-0.15, -0.1) is 0 Å². The molecule has 0 unspecified atom stereocenters. The Kier molecular flexibility index (Phi) is 20.3. The van der Waals surface area contributed by atoms with E-state index in [0.717, 1.165) is 24.2 Å². The van der Waals surface area contributed by atoms with Crippen LogP contribution in [0.25, 0.3) is 23.3 Å². The van der Waals surface area contributed by atoms with Crippen LogP contribution in [-0.2, 0) is 0 Å². The van der Waals surface area contributed by atoms with Crippen LogP contribution in [0.5, 0.6) is 0 Å². The highest BCUT2D eigenvalue weighted by Gasteiger charge is 2.13. The van der Waals surface area contributed by atoms with Crippen LogP contribution >= 0.6 is 0 Å². The fourth-order valence-corrected chi connectivity index (χ4v) is 6.70. The average molecular weight is 678 g/mol. The third kappa shape index (κ3) is 15.8. The van der Waals surface area contributed by atoms with Gasteiger partial charge < -0.3 is 4.90 Å². The monoisotopic (exact) mass is 677 g/mol. The van der Waals surface area contributed by atoms with Crippen molar-refractivity contribution in [3.63, 3.8) is 0 Å². The first-order valence-electron chi connectivity index (χ1n) is 19.9. The van der Waals surface area contributed by atoms with Gasteiger partial charge in [-0.25, -0.2) is 0 Å². The van der Waals surface area contributed by atoms with Gasteiger partial charge in [0.2, 0.25) is 0 Å². The van der Waals surface area contributed by atoms with Gasteiger partial charge in [0.1, 0.15) is 11.6 Å². The highest BCUT2D eigenvalue weighted by molar-refractivity contribution is 5.74. The summed E-state index contributed by atoms with van der Waals surface area (Å²) in [5.74, 6) is 0. The molecule has 0 saturated carbocycles. The number of nitro groups is 1. The Labute approximate surface area is 304 Å². The first-order chi connectivity index (χ1) is 24.5. The van der Waals surface area contributed by atoms with Crippen molar-refractivity contribution in [1.29, 1.82) is 5.26 Å². The van der Waals surface area contributed by atoms with E-state index in [1.165, 1.54) is 151 Å². The van der Waals surface area contributed by atoms with Crippen molar-refractivity contribution in [2.24, 2.45) is 0 Å². The number of nitrogens with zero attached hydrogens (tertiary/aromatic N) is 3. The van der Waals surface area contributed by atoms with E-state index in [1.807, 2.05) is 18.2 Å². The molecule has 5 nitrogen and oxygen atoms in total. The average Bonchev–Trinajstić information content (AvgIpc) is 3.14. The van der Waals surface area contributed by atoms with Crippen LogP contribution in [0.15, 0.2) is 66.7 Å². The molecular weight excluding hydrogens is 615 g/mol. The molecule has 50 heavy (non-hydrogen) atoms. The molecule has 3 rings (SSSR count). The molecule has 0 fully saturated rings. The molecule has 5 heteroatoms. The molecular formula is C45H63N3O2. The summed E-state index contributed by atoms with van der Waals surface area (Å²) in [5, 5.41) is 20.4. The van der Waals surface area contributed by atoms with Crippen LogP contribution in [0.3, 0.4) is 0 Å². The van der Waals surface area contributed by atoms with Gasteiger partial charge in [0.15, 0.2) is 0 Å². The molecule has 0 aromatic heterocycles. The molecule has 0 spiro atoms. The van der Waals surface area contributed by atoms with E-state index in [2.05, 4.69) is 67.3 Å². The van der Waals surface area contributed by atoms with Crippen molar-refractivity contribution in [1.82, 2.24) is 0 Å². The number of hydrogen-bond donors (Lipinski definition) is 0. The Morgan fingerprint density at radius 3 is 1.42 bits per heavy atom. The summed E-state index contributed by atoms with van der Waals surface area (Å²) in [7, 11) is 0. The minimum atomic E-state index is -0.522. The number of anilines is 1. The molecule has 270 valence electrons. The maximum absolute atomic E-state index is 11.1. The van der Waals surface area contributed by atoms with Gasteiger partial charge in [-0.2, -0.15) is 5.26 Å². The summed E-state index contributed by atoms with van der Waals surface area (Å²) in [4.78, 5) is 13.2. The van der Waals surface area contributed by atoms with E-state index in [0.29, 0.717) is 0 Å². The topological polar surface area (TPSA) is 70.2 Å². The molecule has 0 aliphatic carbocycles. The molecule has 0 aliphatic rings. The van der Waals surface area contributed by atoms with Crippen LogP contribution < -0.4 is 4.90 Å². The van der Waals surface area contributed by atoms with Gasteiger partial charge in [0.05, 0.1) is 4.92 Å². The Balaban J connectivity index is 1.52. The number of rotatable bonds is 27. The standard InChI is InChI=1S/C45H63N3O2/c1-3-5-7-9-11-13-15-17-19-21-35-47(36-22-20-18-16-14-12-10-8-6-4-2)44-32-30-42(31-33-44)41-28-25-39(26-29-41)23-24-40-27-34-45(48(49)50)43(37-40)38-46/h23-34,37H,3-22,35-36H2,1-2H3. The quantitative estimate of drug-likeness (QED) is 0.0348. The molecule has 0 saturated heterocycles. The van der Waals surface area contributed by atoms with Crippen molar-refractivity contribution in [2.45, 2.75) is 142 Å². The van der Waals surface area contributed by atoms with Crippen LogP contribution in [0.4, 0.5) is 11.4 Å². The van der Waals surface area contributed by atoms with Gasteiger partial charge in [-0.3, -0.25) is 10.1 Å². The molecule has 0 bridgehead atoms. The smallest absolute Gasteiger partial charge is 0.287 e. The summed E-state index contributed by atoms with van der Waals surface area (Å²) < 4.78 is 0. The van der Waals surface area contributed by atoms with Gasteiger partial charge in [0, 0.05) is 24.8 Å². The molecule has 3 aromatic carbocycles. The molecule has 0 radical (unpaired) electrons. The second kappa shape index (κ2) is 25.1. The number of unbranched alkanes of at least 4 members (excludes halogenated alkanes) is 18. The summed E-state index contributed by atoms with van der Waals surface area (Å²) in [6.07, 6.45) is 31.2. The Hall–Kier alpha value is -3.91. The van der Waals surface area contributed by atoms with Gasteiger partial charge in [0.25, 0.3) is 5.69 Å². The van der Waals surface area contributed by atoms with Crippen LogP contribution in [0.1, 0.15) is 159 Å². The second-order valence-electron chi connectivity index (χ2n) is 14.0. The van der Waals surface area contributed by atoms with Gasteiger partial charge >= 0.3 is 0 Å². The Bertz CT molecular complexity index is 1400. The third-order valence-corrected chi connectivity index (χ3v) is 9.85. The molecule has 0 heterocycles. The zero-order valence-corrected chi connectivity index (χ0v) is 31.2. The second-order valence-corrected chi connectivity index (χ2v) is 14.0. The van der Waals surface area contributed by atoms with Gasteiger partial charge in [-0.05, 0) is 59.4 Å². The Morgan fingerprint density at radius 2 is 0.980 bits per heavy atom. The number of nitriles is 1. The van der Waals surface area contributed by atoms with Crippen molar-refractivity contribution in [3.8, 4) is 17.2 Å². The summed E-state index contributed by atoms with van der Waals surface area (Å²) in [6, 6.07) is 24.1. The van der Waals surface area contributed by atoms with E-state index in [1.54, 1.807) is 12.1 Å². The van der Waals surface area contributed by atoms with E-state index >= 15 is 0 Å². The van der Waals surface area contributed by atoms with Crippen molar-refractivity contribution in [3.05, 3.63) is 93.5 Å². The number of nitro benzene ring substituents is 1. The lowest BCUT2D eigenvalue weighted by molar-refractivity contribution is -0.385. The summed E-state index contributed by atoms with van der Waals surface area (Å²) in [5.41, 5.74) is 5.40. The highest BCUT2D eigenvalue weighted by Crippen LogP contribution is 2.26. The van der Waals surface area contributed by atoms with Crippen LogP contribution in [0, 0.1) is 21.4 Å². The zero-order chi connectivity index (χ0) is 35.7. The fourth-order valence-electron chi connectivity index (χ4n) is 6.70. The van der Waals surface area contributed by atoms with Gasteiger partial charge in [-0.1, -0.05) is 178 Å². The fraction of sp³-hybridized carbons (Fsp3) is 0.533. The van der Waals surface area contributed by atoms with E-state index < -0.39 is 4.92 Å². The first kappa shape index (κ1) is 40.5. The van der Waals surface area contributed by atoms with E-state index in [-0.39, 0.29) is 11.3 Å². The minimum absolute atomic E-state index is 0.0708. The molecule has 0 amide bonds. The Morgan fingerprint density at radius 1 is 0.580 bits per heavy atom. The van der Waals surface area contributed by atoms with Crippen LogP contribution in [-0.4, -0.2) is 18.0 Å². The molecule has 0 N–H and O–H groups in total. The summed E-state index contributed by atoms with van der Waals surface area (Å²) >= 11 is 0. The SMILES string of the molecule is CCCCCCCCCCCCN(CCCCCCCCCCCC)c1ccc(-c2ccc(C=Cc3ccc([N+](=O)[O-])c(C#N)c3)cc2)cc1. The maximum Gasteiger partial charge on any atom is 0.287 e. The molecule has 0 atom stereocenters. The summed E-state index contributed by atoms with van der Waals surface area (Å²) in [6.45, 7) is 6.85. The molecule has 0 aliphatic heterocycles. The highest BCUT2D eigenvalue weighted by atomic mass is 16.6. The normalized spacial score (nSPS) is 11.2. The minimum Gasteiger partial charge on any atom is -0.372 e. The maximum atomic E-state index is 11.1. The van der Waals surface area contributed by atoms with Crippen molar-refractivity contribution >= 4 is 23.5 Å². The van der Waals surface area contributed by atoms with E-state index in [4.69, 9.17) is 0 Å². The van der Waals surface area contributed by atoms with Crippen molar-refractivity contribution < 1.29 is 4.92 Å². The zero-order valence-electron chi connectivity index (χ0n) is 31.2. The predicted octanol–water partition coefficient (Wildman–Crippen LogP) is 14.0.